The highest BCUT2D eigenvalue weighted by Gasteiger charge is 2.16. The van der Waals surface area contributed by atoms with Gasteiger partial charge < -0.3 is 10.7 Å². The fourth-order valence-electron chi connectivity index (χ4n) is 2.29. The normalized spacial score (nSPS) is 14.7. The van der Waals surface area contributed by atoms with Crippen molar-refractivity contribution in [2.45, 2.75) is 12.2 Å². The van der Waals surface area contributed by atoms with E-state index >= 15 is 0 Å². The number of imidazole rings is 1. The van der Waals surface area contributed by atoms with Crippen molar-refractivity contribution in [2.75, 3.05) is 11.5 Å². The van der Waals surface area contributed by atoms with Gasteiger partial charge in [-0.25, -0.2) is 9.97 Å². The zero-order valence-corrected chi connectivity index (χ0v) is 11.8. The molecule has 6 heteroatoms. The number of thioether (sulfide) groups is 1. The molecule has 0 unspecified atom stereocenters. The monoisotopic (exact) mass is 288 g/mol. The average Bonchev–Trinajstić information content (AvgIpc) is 3.00. The van der Waals surface area contributed by atoms with E-state index in [0.29, 0.717) is 11.5 Å². The SMILES string of the molecule is Nc1ccc2[nH]c(-c3cc4c(s3)CCSC4)nc2n1. The number of anilines is 1. The molecule has 4 heterocycles. The van der Waals surface area contributed by atoms with Gasteiger partial charge in [0.2, 0.25) is 0 Å². The van der Waals surface area contributed by atoms with Crippen LogP contribution in [0.15, 0.2) is 18.2 Å². The Morgan fingerprint density at radius 1 is 1.26 bits per heavy atom. The highest BCUT2D eigenvalue weighted by molar-refractivity contribution is 7.98. The molecule has 0 radical (unpaired) electrons. The lowest BCUT2D eigenvalue weighted by Crippen LogP contribution is -1.96. The topological polar surface area (TPSA) is 67.6 Å². The van der Waals surface area contributed by atoms with E-state index in [-0.39, 0.29) is 0 Å². The van der Waals surface area contributed by atoms with Crippen LogP contribution in [0.1, 0.15) is 10.4 Å². The maximum absolute atomic E-state index is 5.69. The molecule has 3 aromatic rings. The number of nitrogens with two attached hydrogens (primary N) is 1. The summed E-state index contributed by atoms with van der Waals surface area (Å²) >= 11 is 3.84. The predicted octanol–water partition coefficient (Wildman–Crippen LogP) is 3.06. The number of aromatic amines is 1. The van der Waals surface area contributed by atoms with E-state index in [9.17, 15) is 0 Å². The van der Waals surface area contributed by atoms with Crippen molar-refractivity contribution in [1.82, 2.24) is 15.0 Å². The molecule has 0 atom stereocenters. The van der Waals surface area contributed by atoms with Gasteiger partial charge >= 0.3 is 0 Å². The van der Waals surface area contributed by atoms with Crippen LogP contribution in [0.4, 0.5) is 5.82 Å². The van der Waals surface area contributed by atoms with Crippen LogP contribution < -0.4 is 5.73 Å². The standard InChI is InChI=1S/C13H12N4S2/c14-11-2-1-8-12(16-11)17-13(15-8)10-5-7-6-18-4-3-9(7)19-10/h1-2,5H,3-4,6H2,(H3,14,15,16,17). The van der Waals surface area contributed by atoms with E-state index in [0.717, 1.165) is 17.1 Å². The number of nitrogens with one attached hydrogen (secondary N) is 1. The van der Waals surface area contributed by atoms with E-state index in [1.807, 2.05) is 29.2 Å². The van der Waals surface area contributed by atoms with Crippen molar-refractivity contribution in [3.05, 3.63) is 28.6 Å². The van der Waals surface area contributed by atoms with E-state index < -0.39 is 0 Å². The molecule has 3 N–H and O–H groups in total. The Balaban J connectivity index is 1.83. The molecule has 0 bridgehead atoms. The first-order valence-electron chi connectivity index (χ1n) is 6.11. The number of hydrogen-bond acceptors (Lipinski definition) is 5. The predicted molar refractivity (Wildman–Crippen MR) is 81.5 cm³/mol. The van der Waals surface area contributed by atoms with Crippen LogP contribution in [-0.4, -0.2) is 20.7 Å². The largest absolute Gasteiger partial charge is 0.384 e. The minimum atomic E-state index is 0.507. The Morgan fingerprint density at radius 3 is 3.11 bits per heavy atom. The Morgan fingerprint density at radius 2 is 2.21 bits per heavy atom. The lowest BCUT2D eigenvalue weighted by molar-refractivity contribution is 1.13. The highest BCUT2D eigenvalue weighted by Crippen LogP contribution is 2.36. The van der Waals surface area contributed by atoms with Crippen LogP contribution in [0.25, 0.3) is 21.9 Å². The van der Waals surface area contributed by atoms with E-state index in [1.54, 1.807) is 6.07 Å². The fraction of sp³-hybridized carbons (Fsp3) is 0.231. The number of pyridine rings is 1. The molecule has 0 aromatic carbocycles. The summed E-state index contributed by atoms with van der Waals surface area (Å²) in [6.07, 6.45) is 1.18. The molecule has 0 saturated heterocycles. The minimum absolute atomic E-state index is 0.507. The zero-order valence-electron chi connectivity index (χ0n) is 10.1. The summed E-state index contributed by atoms with van der Waals surface area (Å²) in [5.41, 5.74) is 8.77. The van der Waals surface area contributed by atoms with Gasteiger partial charge in [0, 0.05) is 10.6 Å². The van der Waals surface area contributed by atoms with Gasteiger partial charge in [-0.3, -0.25) is 0 Å². The number of nitrogens with zero attached hydrogens (tertiary/aromatic N) is 2. The fourth-order valence-corrected chi connectivity index (χ4v) is 4.61. The number of H-pyrrole nitrogens is 1. The van der Waals surface area contributed by atoms with Gasteiger partial charge in [0.25, 0.3) is 0 Å². The number of aromatic nitrogens is 3. The first-order valence-corrected chi connectivity index (χ1v) is 8.09. The molecule has 0 amide bonds. The molecule has 1 aliphatic rings. The van der Waals surface area contributed by atoms with Crippen molar-refractivity contribution in [3.8, 4) is 10.7 Å². The van der Waals surface area contributed by atoms with Crippen LogP contribution in [0.5, 0.6) is 0 Å². The molecule has 0 aliphatic carbocycles. The Hall–Kier alpha value is -1.53. The molecule has 96 valence electrons. The van der Waals surface area contributed by atoms with Gasteiger partial charge in [0.15, 0.2) is 11.5 Å². The quantitative estimate of drug-likeness (QED) is 0.722. The van der Waals surface area contributed by atoms with Crippen molar-refractivity contribution < 1.29 is 0 Å². The number of thiophene rings is 1. The third kappa shape index (κ3) is 1.91. The molecule has 0 saturated carbocycles. The molecular formula is C13H12N4S2. The number of rotatable bonds is 1. The van der Waals surface area contributed by atoms with E-state index in [4.69, 9.17) is 5.73 Å². The molecule has 19 heavy (non-hydrogen) atoms. The maximum atomic E-state index is 5.69. The van der Waals surface area contributed by atoms with Crippen LogP contribution in [0.2, 0.25) is 0 Å². The summed E-state index contributed by atoms with van der Waals surface area (Å²) in [4.78, 5) is 14.8. The van der Waals surface area contributed by atoms with Crippen molar-refractivity contribution in [3.63, 3.8) is 0 Å². The summed E-state index contributed by atoms with van der Waals surface area (Å²) in [6, 6.07) is 5.98. The number of fused-ring (bicyclic) bond motifs is 2. The summed E-state index contributed by atoms with van der Waals surface area (Å²) < 4.78 is 0. The Kier molecular flexibility index (Phi) is 2.53. The average molecular weight is 288 g/mol. The number of aryl methyl sites for hydroxylation is 1. The molecule has 4 rings (SSSR count). The van der Waals surface area contributed by atoms with Gasteiger partial charge in [-0.15, -0.1) is 11.3 Å². The number of nitrogen functional groups attached to an aromatic ring is 1. The van der Waals surface area contributed by atoms with Crippen LogP contribution in [0.3, 0.4) is 0 Å². The summed E-state index contributed by atoms with van der Waals surface area (Å²) in [6.45, 7) is 0. The summed E-state index contributed by atoms with van der Waals surface area (Å²) in [5.74, 6) is 3.76. The number of hydrogen-bond donors (Lipinski definition) is 2. The van der Waals surface area contributed by atoms with Crippen LogP contribution in [0, 0.1) is 0 Å². The summed E-state index contributed by atoms with van der Waals surface area (Å²) in [5, 5.41) is 0. The van der Waals surface area contributed by atoms with Gasteiger partial charge in [-0.2, -0.15) is 11.8 Å². The van der Waals surface area contributed by atoms with Crippen molar-refractivity contribution >= 4 is 40.1 Å². The van der Waals surface area contributed by atoms with Gasteiger partial charge in [-0.1, -0.05) is 0 Å². The molecule has 0 spiro atoms. The zero-order chi connectivity index (χ0) is 12.8. The maximum Gasteiger partial charge on any atom is 0.180 e. The third-order valence-corrected chi connectivity index (χ3v) is 5.48. The first-order chi connectivity index (χ1) is 9.29. The molecule has 4 nitrogen and oxygen atoms in total. The second-order valence-electron chi connectivity index (χ2n) is 4.55. The van der Waals surface area contributed by atoms with E-state index in [1.165, 1.54) is 27.5 Å². The first kappa shape index (κ1) is 11.3. The molecular weight excluding hydrogens is 276 g/mol. The van der Waals surface area contributed by atoms with Crippen LogP contribution >= 0.6 is 23.1 Å². The minimum Gasteiger partial charge on any atom is -0.384 e. The molecule has 1 aliphatic heterocycles. The smallest absolute Gasteiger partial charge is 0.180 e. The van der Waals surface area contributed by atoms with Gasteiger partial charge in [0.1, 0.15) is 5.82 Å². The van der Waals surface area contributed by atoms with Gasteiger partial charge in [0.05, 0.1) is 10.4 Å². The van der Waals surface area contributed by atoms with Crippen molar-refractivity contribution in [2.24, 2.45) is 0 Å². The molecule has 3 aromatic heterocycles. The lowest BCUT2D eigenvalue weighted by atomic mass is 10.2. The van der Waals surface area contributed by atoms with Gasteiger partial charge in [-0.05, 0) is 35.9 Å². The van der Waals surface area contributed by atoms with E-state index in [2.05, 4.69) is 21.0 Å². The lowest BCUT2D eigenvalue weighted by Gasteiger charge is -2.08. The van der Waals surface area contributed by atoms with Crippen molar-refractivity contribution in [1.29, 1.82) is 0 Å². The second kappa shape index (κ2) is 4.25. The molecule has 0 fully saturated rings. The van der Waals surface area contributed by atoms with Crippen LogP contribution in [-0.2, 0) is 12.2 Å². The summed E-state index contributed by atoms with van der Waals surface area (Å²) in [7, 11) is 0. The Bertz CT molecular complexity index is 736. The third-order valence-electron chi connectivity index (χ3n) is 3.23. The highest BCUT2D eigenvalue weighted by atomic mass is 32.2. The second-order valence-corrected chi connectivity index (χ2v) is 6.80. The Labute approximate surface area is 118 Å².